The molecule has 4 aromatic rings. The van der Waals surface area contributed by atoms with Gasteiger partial charge in [-0.05, 0) is 60.0 Å². The van der Waals surface area contributed by atoms with E-state index in [9.17, 15) is 9.59 Å². The summed E-state index contributed by atoms with van der Waals surface area (Å²) in [7, 11) is 0. The van der Waals surface area contributed by atoms with Crippen LogP contribution in [0, 0.1) is 0 Å². The quantitative estimate of drug-likeness (QED) is 0.346. The average molecular weight is 403 g/mol. The van der Waals surface area contributed by atoms with Crippen LogP contribution in [0.3, 0.4) is 0 Å². The van der Waals surface area contributed by atoms with Crippen LogP contribution in [0.5, 0.6) is 0 Å². The summed E-state index contributed by atoms with van der Waals surface area (Å²) in [6.45, 7) is 2.06. The minimum atomic E-state index is -0.673. The normalized spacial score (nSPS) is 10.8. The number of Topliss-reactive ketones (excluding diaryl/α,β-unsaturated/α-hetero) is 1. The molecule has 0 radical (unpaired) electrons. The lowest BCUT2D eigenvalue weighted by molar-refractivity contribution is -0.112. The maximum Gasteiger partial charge on any atom is 0.298 e. The molecule has 29 heavy (non-hydrogen) atoms. The van der Waals surface area contributed by atoms with Crippen molar-refractivity contribution in [1.29, 1.82) is 0 Å². The molecule has 5 heteroatoms. The van der Waals surface area contributed by atoms with E-state index >= 15 is 0 Å². The molecule has 0 spiro atoms. The van der Waals surface area contributed by atoms with Crippen LogP contribution in [0.4, 0.5) is 5.69 Å². The third-order valence-electron chi connectivity index (χ3n) is 4.88. The Bertz CT molecular complexity index is 1190. The molecule has 0 aliphatic carbocycles. The van der Waals surface area contributed by atoms with Crippen molar-refractivity contribution in [1.82, 2.24) is 4.40 Å². The van der Waals surface area contributed by atoms with Crippen LogP contribution in [0.1, 0.15) is 23.0 Å². The number of aromatic nitrogens is 1. The topological polar surface area (TPSA) is 50.6 Å². The molecular formula is C24H19ClN2O2. The molecule has 0 bridgehead atoms. The third kappa shape index (κ3) is 3.80. The van der Waals surface area contributed by atoms with Gasteiger partial charge in [0.15, 0.2) is 0 Å². The lowest BCUT2D eigenvalue weighted by Gasteiger charge is -2.08. The number of benzene rings is 2. The number of rotatable bonds is 5. The minimum absolute atomic E-state index is 0.325. The lowest BCUT2D eigenvalue weighted by Crippen LogP contribution is -2.24. The van der Waals surface area contributed by atoms with Crippen molar-refractivity contribution < 1.29 is 9.59 Å². The second kappa shape index (κ2) is 7.94. The summed E-state index contributed by atoms with van der Waals surface area (Å²) in [5.41, 5.74) is 4.42. The lowest BCUT2D eigenvalue weighted by atomic mass is 10.0. The molecule has 2 heterocycles. The van der Waals surface area contributed by atoms with Gasteiger partial charge in [-0.25, -0.2) is 0 Å². The number of hydrogen-bond acceptors (Lipinski definition) is 2. The Balaban J connectivity index is 1.73. The van der Waals surface area contributed by atoms with Gasteiger partial charge in [0.05, 0.1) is 0 Å². The molecule has 4 rings (SSSR count). The van der Waals surface area contributed by atoms with Gasteiger partial charge in [0.25, 0.3) is 11.7 Å². The van der Waals surface area contributed by atoms with E-state index in [1.807, 2.05) is 48.5 Å². The van der Waals surface area contributed by atoms with Gasteiger partial charge in [-0.15, -0.1) is 0 Å². The first kappa shape index (κ1) is 19.0. The first-order valence-electron chi connectivity index (χ1n) is 9.37. The van der Waals surface area contributed by atoms with Crippen molar-refractivity contribution in [2.75, 3.05) is 5.32 Å². The number of pyridine rings is 1. The van der Waals surface area contributed by atoms with Crippen LogP contribution in [-0.4, -0.2) is 16.1 Å². The summed E-state index contributed by atoms with van der Waals surface area (Å²) in [6.07, 6.45) is 2.69. The maximum atomic E-state index is 13.1. The van der Waals surface area contributed by atoms with Gasteiger partial charge in [0.2, 0.25) is 0 Å². The van der Waals surface area contributed by atoms with E-state index in [0.717, 1.165) is 23.1 Å². The Labute approximate surface area is 173 Å². The molecule has 0 unspecified atom stereocenters. The second-order valence-electron chi connectivity index (χ2n) is 6.74. The average Bonchev–Trinajstić information content (AvgIpc) is 3.13. The first-order valence-corrected chi connectivity index (χ1v) is 9.75. The molecular weight excluding hydrogens is 384 g/mol. The Morgan fingerprint density at radius 1 is 0.966 bits per heavy atom. The standard InChI is InChI=1S/C24H19ClN2O2/c1-2-16-6-12-19(13-7-16)26-24(29)23(28)22-21(17-8-10-18(25)11-9-17)15-20-5-3-4-14-27(20)22/h3-15H,2H2,1H3,(H,26,29). The highest BCUT2D eigenvalue weighted by Crippen LogP contribution is 2.29. The first-order chi connectivity index (χ1) is 14.1. The molecule has 1 N–H and O–H groups in total. The van der Waals surface area contributed by atoms with Gasteiger partial charge in [0, 0.05) is 28.0 Å². The Morgan fingerprint density at radius 3 is 2.38 bits per heavy atom. The number of halogens is 1. The number of hydrogen-bond donors (Lipinski definition) is 1. The zero-order chi connectivity index (χ0) is 20.4. The molecule has 0 aliphatic heterocycles. The van der Waals surface area contributed by atoms with Crippen molar-refractivity contribution in [2.45, 2.75) is 13.3 Å². The van der Waals surface area contributed by atoms with Gasteiger partial charge < -0.3 is 9.72 Å². The largest absolute Gasteiger partial charge is 0.319 e. The predicted octanol–water partition coefficient (Wildman–Crippen LogP) is 5.64. The highest BCUT2D eigenvalue weighted by atomic mass is 35.5. The fourth-order valence-corrected chi connectivity index (χ4v) is 3.45. The van der Waals surface area contributed by atoms with Gasteiger partial charge in [-0.3, -0.25) is 9.59 Å². The zero-order valence-corrected chi connectivity index (χ0v) is 16.6. The molecule has 0 saturated carbocycles. The summed E-state index contributed by atoms with van der Waals surface area (Å²) in [5, 5.41) is 3.32. The number of aryl methyl sites for hydroxylation is 1. The Hall–Kier alpha value is -3.37. The Morgan fingerprint density at radius 2 is 1.69 bits per heavy atom. The van der Waals surface area contributed by atoms with Crippen LogP contribution in [-0.2, 0) is 11.2 Å². The number of nitrogens with one attached hydrogen (secondary N) is 1. The summed E-state index contributed by atoms with van der Waals surface area (Å²) in [5.74, 6) is -1.27. The number of carbonyl (C=O) groups excluding carboxylic acids is 2. The van der Waals surface area contributed by atoms with Crippen LogP contribution in [0.25, 0.3) is 16.6 Å². The maximum absolute atomic E-state index is 13.1. The van der Waals surface area contributed by atoms with Gasteiger partial charge in [-0.2, -0.15) is 0 Å². The Kier molecular flexibility index (Phi) is 5.19. The highest BCUT2D eigenvalue weighted by Gasteiger charge is 2.24. The van der Waals surface area contributed by atoms with Crippen molar-refractivity contribution >= 4 is 34.5 Å². The van der Waals surface area contributed by atoms with E-state index in [1.54, 1.807) is 34.9 Å². The van der Waals surface area contributed by atoms with Crippen LogP contribution in [0.2, 0.25) is 5.02 Å². The number of ketones is 1. The number of nitrogens with zero attached hydrogens (tertiary/aromatic N) is 1. The summed E-state index contributed by atoms with van der Waals surface area (Å²) in [4.78, 5) is 25.9. The molecule has 4 nitrogen and oxygen atoms in total. The number of amides is 1. The summed E-state index contributed by atoms with van der Waals surface area (Å²) < 4.78 is 1.74. The van der Waals surface area contributed by atoms with Crippen LogP contribution >= 0.6 is 11.6 Å². The molecule has 0 fully saturated rings. The van der Waals surface area contributed by atoms with Gasteiger partial charge >= 0.3 is 0 Å². The number of carbonyl (C=O) groups is 2. The zero-order valence-electron chi connectivity index (χ0n) is 15.9. The summed E-state index contributed by atoms with van der Waals surface area (Å²) in [6, 6.07) is 22.2. The van der Waals surface area contributed by atoms with Crippen molar-refractivity contribution in [3.05, 3.63) is 95.3 Å². The molecule has 0 atom stereocenters. The van der Waals surface area contributed by atoms with Gasteiger partial charge in [-0.1, -0.05) is 48.9 Å². The molecule has 1 amide bonds. The molecule has 2 aromatic carbocycles. The monoisotopic (exact) mass is 402 g/mol. The third-order valence-corrected chi connectivity index (χ3v) is 5.13. The van der Waals surface area contributed by atoms with Crippen LogP contribution in [0.15, 0.2) is 79.0 Å². The fourth-order valence-electron chi connectivity index (χ4n) is 3.32. The molecule has 0 saturated heterocycles. The molecule has 2 aromatic heterocycles. The van der Waals surface area contributed by atoms with Crippen LogP contribution < -0.4 is 5.32 Å². The minimum Gasteiger partial charge on any atom is -0.319 e. The predicted molar refractivity (Wildman–Crippen MR) is 117 cm³/mol. The highest BCUT2D eigenvalue weighted by molar-refractivity contribution is 6.47. The molecule has 144 valence electrons. The van der Waals surface area contributed by atoms with Crippen molar-refractivity contribution in [3.63, 3.8) is 0 Å². The van der Waals surface area contributed by atoms with Crippen molar-refractivity contribution in [3.8, 4) is 11.1 Å². The number of fused-ring (bicyclic) bond motifs is 1. The SMILES string of the molecule is CCc1ccc(NC(=O)C(=O)c2c(-c3ccc(Cl)cc3)cc3ccccn23)cc1. The van der Waals surface area contributed by atoms with E-state index in [1.165, 1.54) is 0 Å². The summed E-state index contributed by atoms with van der Waals surface area (Å²) >= 11 is 6.01. The van der Waals surface area contributed by atoms with Crippen molar-refractivity contribution in [2.24, 2.45) is 0 Å². The second-order valence-corrected chi connectivity index (χ2v) is 7.18. The van der Waals surface area contributed by atoms with Gasteiger partial charge in [0.1, 0.15) is 5.69 Å². The van der Waals surface area contributed by atoms with E-state index in [-0.39, 0.29) is 0 Å². The smallest absolute Gasteiger partial charge is 0.298 e. The number of anilines is 1. The molecule has 0 aliphatic rings. The van der Waals surface area contributed by atoms with E-state index in [0.29, 0.717) is 22.0 Å². The fraction of sp³-hybridized carbons (Fsp3) is 0.0833. The van der Waals surface area contributed by atoms with E-state index < -0.39 is 11.7 Å². The van der Waals surface area contributed by atoms with E-state index in [4.69, 9.17) is 11.6 Å². The van der Waals surface area contributed by atoms with E-state index in [2.05, 4.69) is 12.2 Å².